The number of carbonyl (C=O) groups excluding carboxylic acids is 2. The predicted octanol–water partition coefficient (Wildman–Crippen LogP) is 4.78. The second-order valence-corrected chi connectivity index (χ2v) is 8.47. The summed E-state index contributed by atoms with van der Waals surface area (Å²) in [6.07, 6.45) is 2.78. The van der Waals surface area contributed by atoms with Gasteiger partial charge in [-0.3, -0.25) is 9.59 Å². The Balaban J connectivity index is 1.26. The van der Waals surface area contributed by atoms with E-state index in [0.29, 0.717) is 35.1 Å². The number of rotatable bonds is 8. The number of aromatic nitrogens is 1. The number of hydrogen-bond acceptors (Lipinski definition) is 6. The molecule has 1 saturated heterocycles. The second kappa shape index (κ2) is 10.1. The minimum Gasteiger partial charge on any atom is -0.491 e. The first kappa shape index (κ1) is 22.9. The van der Waals surface area contributed by atoms with E-state index in [1.54, 1.807) is 24.3 Å². The molecule has 0 aliphatic carbocycles. The van der Waals surface area contributed by atoms with Crippen molar-refractivity contribution in [1.29, 1.82) is 0 Å². The molecule has 8 heteroatoms. The monoisotopic (exact) mass is 453 g/mol. The zero-order valence-electron chi connectivity index (χ0n) is 18.9. The summed E-state index contributed by atoms with van der Waals surface area (Å²) in [5.74, 6) is 0.268. The van der Waals surface area contributed by atoms with Crippen molar-refractivity contribution in [1.82, 2.24) is 10.1 Å². The topological polar surface area (TPSA) is 84.7 Å². The summed E-state index contributed by atoms with van der Waals surface area (Å²) in [6.45, 7) is 6.22. The van der Waals surface area contributed by atoms with Crippen LogP contribution in [0.3, 0.4) is 0 Å². The van der Waals surface area contributed by atoms with Crippen molar-refractivity contribution in [3.63, 3.8) is 0 Å². The molecule has 1 aliphatic heterocycles. The molecule has 0 unspecified atom stereocenters. The first-order chi connectivity index (χ1) is 15.9. The molecule has 7 nitrogen and oxygen atoms in total. The molecule has 0 atom stereocenters. The minimum atomic E-state index is -0.318. The van der Waals surface area contributed by atoms with Gasteiger partial charge < -0.3 is 19.5 Å². The summed E-state index contributed by atoms with van der Waals surface area (Å²) >= 11 is 0. The molecule has 2 aromatic carbocycles. The highest BCUT2D eigenvalue weighted by Gasteiger charge is 2.25. The minimum absolute atomic E-state index is 0.0673. The van der Waals surface area contributed by atoms with Gasteiger partial charge in [-0.05, 0) is 69.6 Å². The average molecular weight is 454 g/mol. The predicted molar refractivity (Wildman–Crippen MR) is 123 cm³/mol. The van der Waals surface area contributed by atoms with Crippen molar-refractivity contribution in [3.05, 3.63) is 53.5 Å². The summed E-state index contributed by atoms with van der Waals surface area (Å²) in [5.41, 5.74) is 2.46. The smallest absolute Gasteiger partial charge is 0.221 e. The summed E-state index contributed by atoms with van der Waals surface area (Å²) in [4.78, 5) is 25.5. The Labute approximate surface area is 191 Å². The Morgan fingerprint density at radius 1 is 1.18 bits per heavy atom. The van der Waals surface area contributed by atoms with Crippen LogP contribution in [-0.2, 0) is 4.79 Å². The average Bonchev–Trinajstić information content (AvgIpc) is 3.20. The van der Waals surface area contributed by atoms with Crippen LogP contribution in [0.15, 0.2) is 40.9 Å². The third kappa shape index (κ3) is 5.57. The number of carbonyl (C=O) groups is 2. The molecular formula is C25H28FN3O4. The maximum atomic E-state index is 13.4. The molecule has 1 N–H and O–H groups in total. The van der Waals surface area contributed by atoms with E-state index in [4.69, 9.17) is 9.26 Å². The van der Waals surface area contributed by atoms with Crippen molar-refractivity contribution in [2.45, 2.75) is 39.0 Å². The molecule has 1 amide bonds. The summed E-state index contributed by atoms with van der Waals surface area (Å²) in [7, 11) is 0. The number of Topliss-reactive ketones (excluding diaryl/α,β-unsaturated/α-hetero) is 1. The number of hydrogen-bond donors (Lipinski definition) is 1. The number of piperidine rings is 1. The number of likely N-dealkylation sites (tertiary alicyclic amines) is 1. The van der Waals surface area contributed by atoms with Gasteiger partial charge >= 0.3 is 0 Å². The highest BCUT2D eigenvalue weighted by molar-refractivity contribution is 5.97. The second-order valence-electron chi connectivity index (χ2n) is 8.47. The van der Waals surface area contributed by atoms with E-state index < -0.39 is 0 Å². The lowest BCUT2D eigenvalue weighted by Crippen LogP contribution is -2.34. The molecule has 0 bridgehead atoms. The lowest BCUT2D eigenvalue weighted by atomic mass is 9.91. The molecule has 0 radical (unpaired) electrons. The van der Waals surface area contributed by atoms with Gasteiger partial charge in [0.1, 0.15) is 11.6 Å². The maximum Gasteiger partial charge on any atom is 0.221 e. The van der Waals surface area contributed by atoms with Crippen LogP contribution >= 0.6 is 0 Å². The number of halogens is 1. The number of fused-ring (bicyclic) bond motifs is 1. The fraction of sp³-hybridized carbons (Fsp3) is 0.400. The van der Waals surface area contributed by atoms with Gasteiger partial charge in [-0.1, -0.05) is 5.16 Å². The van der Waals surface area contributed by atoms with E-state index in [1.807, 2.05) is 0 Å². The number of anilines is 1. The fourth-order valence-corrected chi connectivity index (χ4v) is 4.29. The third-order valence-corrected chi connectivity index (χ3v) is 6.01. The molecule has 1 aliphatic rings. The SMILES string of the molecule is CC(=O)Nc1cc(C(C)=O)ccc1OCCCN1CCC(c2noc3cc(F)ccc23)CC1. The first-order valence-electron chi connectivity index (χ1n) is 11.2. The van der Waals surface area contributed by atoms with Gasteiger partial charge in [-0.25, -0.2) is 4.39 Å². The van der Waals surface area contributed by atoms with E-state index in [-0.39, 0.29) is 17.5 Å². The van der Waals surface area contributed by atoms with E-state index in [0.717, 1.165) is 50.0 Å². The molecule has 33 heavy (non-hydrogen) atoms. The Bertz CT molecular complexity index is 1150. The zero-order valence-corrected chi connectivity index (χ0v) is 18.9. The number of benzene rings is 2. The van der Waals surface area contributed by atoms with Crippen molar-refractivity contribution in [2.75, 3.05) is 31.6 Å². The van der Waals surface area contributed by atoms with Crippen molar-refractivity contribution in [2.24, 2.45) is 0 Å². The van der Waals surface area contributed by atoms with Gasteiger partial charge in [0.05, 0.1) is 18.0 Å². The highest BCUT2D eigenvalue weighted by Crippen LogP contribution is 2.33. The van der Waals surface area contributed by atoms with E-state index in [9.17, 15) is 14.0 Å². The summed E-state index contributed by atoms with van der Waals surface area (Å²) < 4.78 is 24.6. The van der Waals surface area contributed by atoms with Crippen molar-refractivity contribution >= 4 is 28.3 Å². The normalized spacial score (nSPS) is 15.0. The van der Waals surface area contributed by atoms with Crippen LogP contribution < -0.4 is 10.1 Å². The molecule has 0 spiro atoms. The summed E-state index contributed by atoms with van der Waals surface area (Å²) in [6, 6.07) is 9.65. The lowest BCUT2D eigenvalue weighted by Gasteiger charge is -2.31. The standard InChI is InChI=1S/C25H28FN3O4/c1-16(30)19-4-7-23(22(14-19)27-17(2)31)32-13-3-10-29-11-8-18(9-12-29)25-21-6-5-20(26)15-24(21)33-28-25/h4-7,14-15,18H,3,8-13H2,1-2H3,(H,27,31). The first-order valence-corrected chi connectivity index (χ1v) is 11.2. The van der Waals surface area contributed by atoms with Crippen LogP contribution in [-0.4, -0.2) is 48.0 Å². The molecule has 0 saturated carbocycles. The molecule has 2 heterocycles. The maximum absolute atomic E-state index is 13.4. The Hall–Kier alpha value is -3.26. The number of ether oxygens (including phenoxy) is 1. The largest absolute Gasteiger partial charge is 0.491 e. The van der Waals surface area contributed by atoms with Gasteiger partial charge in [-0.15, -0.1) is 0 Å². The number of nitrogens with one attached hydrogen (secondary N) is 1. The van der Waals surface area contributed by atoms with Crippen LogP contribution in [0.25, 0.3) is 11.0 Å². The van der Waals surface area contributed by atoms with Crippen LogP contribution in [0, 0.1) is 5.82 Å². The Morgan fingerprint density at radius 3 is 2.70 bits per heavy atom. The van der Waals surface area contributed by atoms with E-state index in [2.05, 4.69) is 15.4 Å². The number of ketones is 1. The Morgan fingerprint density at radius 2 is 1.97 bits per heavy atom. The zero-order chi connectivity index (χ0) is 23.4. The molecular weight excluding hydrogens is 425 g/mol. The van der Waals surface area contributed by atoms with Crippen LogP contribution in [0.4, 0.5) is 10.1 Å². The van der Waals surface area contributed by atoms with Crippen LogP contribution in [0.1, 0.15) is 55.1 Å². The van der Waals surface area contributed by atoms with Gasteiger partial charge in [-0.2, -0.15) is 0 Å². The van der Waals surface area contributed by atoms with Gasteiger partial charge in [0.15, 0.2) is 11.4 Å². The van der Waals surface area contributed by atoms with Crippen molar-refractivity contribution < 1.29 is 23.2 Å². The quantitative estimate of drug-likeness (QED) is 0.390. The molecule has 174 valence electrons. The van der Waals surface area contributed by atoms with Crippen LogP contribution in [0.2, 0.25) is 0 Å². The molecule has 1 fully saturated rings. The van der Waals surface area contributed by atoms with E-state index in [1.165, 1.54) is 26.0 Å². The Kier molecular flexibility index (Phi) is 7.03. The number of amides is 1. The van der Waals surface area contributed by atoms with Crippen molar-refractivity contribution in [3.8, 4) is 5.75 Å². The highest BCUT2D eigenvalue weighted by atomic mass is 19.1. The molecule has 1 aromatic heterocycles. The van der Waals surface area contributed by atoms with E-state index >= 15 is 0 Å². The molecule has 3 aromatic rings. The molecule has 4 rings (SSSR count). The van der Waals surface area contributed by atoms with Gasteiger partial charge in [0, 0.05) is 36.4 Å². The summed E-state index contributed by atoms with van der Waals surface area (Å²) in [5, 5.41) is 7.84. The van der Waals surface area contributed by atoms with Gasteiger partial charge in [0.2, 0.25) is 5.91 Å². The third-order valence-electron chi connectivity index (χ3n) is 6.01. The number of nitrogens with zero attached hydrogens (tertiary/aromatic N) is 2. The van der Waals surface area contributed by atoms with Gasteiger partial charge in [0.25, 0.3) is 0 Å². The van der Waals surface area contributed by atoms with Crippen LogP contribution in [0.5, 0.6) is 5.75 Å². The lowest BCUT2D eigenvalue weighted by molar-refractivity contribution is -0.114. The fourth-order valence-electron chi connectivity index (χ4n) is 4.29.